The number of nitrogens with one attached hydrogen (secondary N) is 1. The summed E-state index contributed by atoms with van der Waals surface area (Å²) in [5, 5.41) is 6.94. The number of nitrogens with zero attached hydrogens (tertiary/aromatic N) is 3. The molecular weight excluding hydrogens is 360 g/mol. The minimum absolute atomic E-state index is 0.207. The van der Waals surface area contributed by atoms with Gasteiger partial charge >= 0.3 is 0 Å². The zero-order valence-corrected chi connectivity index (χ0v) is 15.4. The molecule has 0 aliphatic rings. The van der Waals surface area contributed by atoms with Crippen molar-refractivity contribution in [2.75, 3.05) is 0 Å². The zero-order valence-electron chi connectivity index (χ0n) is 14.5. The van der Waals surface area contributed by atoms with Crippen molar-refractivity contribution >= 4 is 22.9 Å². The Bertz CT molecular complexity index is 1180. The molecule has 1 N–H and O–H groups in total. The third-order valence-electron chi connectivity index (χ3n) is 4.16. The SMILES string of the molecule is Cc1cc(=O)n2cccc(C(=O)NCc3ccnc(-c4ccsc4)c3)c2n1. The van der Waals surface area contributed by atoms with E-state index in [9.17, 15) is 9.59 Å². The molecule has 1 amide bonds. The average Bonchev–Trinajstić information content (AvgIpc) is 3.21. The predicted molar refractivity (Wildman–Crippen MR) is 105 cm³/mol. The van der Waals surface area contributed by atoms with E-state index in [0.29, 0.717) is 23.4 Å². The van der Waals surface area contributed by atoms with Gasteiger partial charge in [-0.05, 0) is 48.2 Å². The molecule has 0 aliphatic heterocycles. The van der Waals surface area contributed by atoms with Crippen molar-refractivity contribution in [2.45, 2.75) is 13.5 Å². The molecule has 0 fully saturated rings. The molecule has 0 bridgehead atoms. The number of aromatic nitrogens is 3. The van der Waals surface area contributed by atoms with Gasteiger partial charge in [-0.3, -0.25) is 19.0 Å². The van der Waals surface area contributed by atoms with E-state index >= 15 is 0 Å². The second kappa shape index (κ2) is 7.13. The van der Waals surface area contributed by atoms with Crippen molar-refractivity contribution in [3.63, 3.8) is 0 Å². The summed E-state index contributed by atoms with van der Waals surface area (Å²) in [5.74, 6) is -0.278. The quantitative estimate of drug-likeness (QED) is 0.594. The topological polar surface area (TPSA) is 76.4 Å². The lowest BCUT2D eigenvalue weighted by molar-refractivity contribution is 0.0952. The monoisotopic (exact) mass is 376 g/mol. The predicted octanol–water partition coefficient (Wildman–Crippen LogP) is 3.06. The minimum Gasteiger partial charge on any atom is -0.348 e. The van der Waals surface area contributed by atoms with Gasteiger partial charge in [0.15, 0.2) is 5.65 Å². The van der Waals surface area contributed by atoms with Crippen molar-refractivity contribution in [3.8, 4) is 11.3 Å². The lowest BCUT2D eigenvalue weighted by Gasteiger charge is -2.09. The molecule has 0 atom stereocenters. The normalized spacial score (nSPS) is 10.9. The highest BCUT2D eigenvalue weighted by Crippen LogP contribution is 2.20. The molecule has 0 saturated carbocycles. The number of aryl methyl sites for hydroxylation is 1. The van der Waals surface area contributed by atoms with Crippen LogP contribution < -0.4 is 10.9 Å². The van der Waals surface area contributed by atoms with E-state index in [4.69, 9.17) is 0 Å². The number of thiophene rings is 1. The molecule has 0 radical (unpaired) electrons. The molecule has 27 heavy (non-hydrogen) atoms. The first-order valence-electron chi connectivity index (χ1n) is 8.36. The van der Waals surface area contributed by atoms with E-state index in [-0.39, 0.29) is 11.5 Å². The van der Waals surface area contributed by atoms with Crippen molar-refractivity contribution < 1.29 is 4.79 Å². The molecule has 4 aromatic rings. The van der Waals surface area contributed by atoms with Crippen LogP contribution in [-0.2, 0) is 6.54 Å². The first-order chi connectivity index (χ1) is 13.1. The van der Waals surface area contributed by atoms with Gasteiger partial charge in [-0.25, -0.2) is 4.98 Å². The molecule has 0 spiro atoms. The van der Waals surface area contributed by atoms with Crippen molar-refractivity contribution in [1.29, 1.82) is 0 Å². The molecule has 7 heteroatoms. The van der Waals surface area contributed by atoms with Gasteiger partial charge in [0.2, 0.25) is 0 Å². The van der Waals surface area contributed by atoms with Gasteiger partial charge < -0.3 is 5.32 Å². The van der Waals surface area contributed by atoms with Gasteiger partial charge in [-0.2, -0.15) is 11.3 Å². The summed E-state index contributed by atoms with van der Waals surface area (Å²) in [5.41, 5.74) is 3.97. The highest BCUT2D eigenvalue weighted by molar-refractivity contribution is 7.08. The number of hydrogen-bond acceptors (Lipinski definition) is 5. The lowest BCUT2D eigenvalue weighted by atomic mass is 10.1. The molecule has 4 aromatic heterocycles. The van der Waals surface area contributed by atoms with Gasteiger partial charge in [0, 0.05) is 41.6 Å². The third kappa shape index (κ3) is 3.50. The number of rotatable bonds is 4. The lowest BCUT2D eigenvalue weighted by Crippen LogP contribution is -2.25. The number of amides is 1. The Kier molecular flexibility index (Phi) is 4.52. The van der Waals surface area contributed by atoms with E-state index in [2.05, 4.69) is 15.3 Å². The van der Waals surface area contributed by atoms with Crippen molar-refractivity contribution in [2.24, 2.45) is 0 Å². The number of pyridine rings is 2. The Labute approximate surface area is 159 Å². The number of fused-ring (bicyclic) bond motifs is 1. The molecule has 0 unspecified atom stereocenters. The fourth-order valence-corrected chi connectivity index (χ4v) is 3.50. The molecule has 0 saturated heterocycles. The van der Waals surface area contributed by atoms with Gasteiger partial charge in [0.25, 0.3) is 11.5 Å². The summed E-state index contributed by atoms with van der Waals surface area (Å²) in [6, 6.07) is 10.6. The van der Waals surface area contributed by atoms with Crippen molar-refractivity contribution in [1.82, 2.24) is 19.7 Å². The summed E-state index contributed by atoms with van der Waals surface area (Å²) >= 11 is 1.61. The molecule has 6 nitrogen and oxygen atoms in total. The largest absolute Gasteiger partial charge is 0.348 e. The smallest absolute Gasteiger partial charge is 0.258 e. The van der Waals surface area contributed by atoms with Gasteiger partial charge in [-0.1, -0.05) is 0 Å². The highest BCUT2D eigenvalue weighted by atomic mass is 32.1. The first-order valence-corrected chi connectivity index (χ1v) is 9.31. The van der Waals surface area contributed by atoms with Gasteiger partial charge in [0.05, 0.1) is 11.3 Å². The Morgan fingerprint density at radius 1 is 1.26 bits per heavy atom. The van der Waals surface area contributed by atoms with E-state index in [0.717, 1.165) is 16.8 Å². The number of carbonyl (C=O) groups excluding carboxylic acids is 1. The van der Waals surface area contributed by atoms with E-state index in [1.165, 1.54) is 10.5 Å². The maximum Gasteiger partial charge on any atom is 0.258 e. The van der Waals surface area contributed by atoms with Crippen LogP contribution in [0.25, 0.3) is 16.9 Å². The van der Waals surface area contributed by atoms with E-state index in [1.54, 1.807) is 42.8 Å². The number of carbonyl (C=O) groups is 1. The summed E-state index contributed by atoms with van der Waals surface area (Å²) in [6.45, 7) is 2.09. The van der Waals surface area contributed by atoms with Gasteiger partial charge in [-0.15, -0.1) is 0 Å². The number of hydrogen-bond donors (Lipinski definition) is 1. The van der Waals surface area contributed by atoms with Crippen LogP contribution in [0.3, 0.4) is 0 Å². The highest BCUT2D eigenvalue weighted by Gasteiger charge is 2.13. The molecule has 0 aromatic carbocycles. The minimum atomic E-state index is -0.278. The Morgan fingerprint density at radius 3 is 2.96 bits per heavy atom. The summed E-state index contributed by atoms with van der Waals surface area (Å²) < 4.78 is 1.38. The molecule has 134 valence electrons. The summed E-state index contributed by atoms with van der Waals surface area (Å²) in [4.78, 5) is 33.5. The van der Waals surface area contributed by atoms with Crippen LogP contribution in [0.2, 0.25) is 0 Å². The zero-order chi connectivity index (χ0) is 18.8. The maximum absolute atomic E-state index is 12.7. The first kappa shape index (κ1) is 17.1. The van der Waals surface area contributed by atoms with Crippen LogP contribution in [0.15, 0.2) is 64.3 Å². The van der Waals surface area contributed by atoms with E-state index in [1.807, 2.05) is 29.0 Å². The van der Waals surface area contributed by atoms with Gasteiger partial charge in [0.1, 0.15) is 0 Å². The van der Waals surface area contributed by atoms with Crippen LogP contribution in [0.5, 0.6) is 0 Å². The molecular formula is C20H16N4O2S. The average molecular weight is 376 g/mol. The molecule has 4 heterocycles. The second-order valence-corrected chi connectivity index (χ2v) is 6.88. The summed E-state index contributed by atoms with van der Waals surface area (Å²) in [6.07, 6.45) is 3.34. The Balaban J connectivity index is 1.58. The summed E-state index contributed by atoms with van der Waals surface area (Å²) in [7, 11) is 0. The van der Waals surface area contributed by atoms with Crippen LogP contribution >= 0.6 is 11.3 Å². The van der Waals surface area contributed by atoms with E-state index < -0.39 is 0 Å². The molecule has 4 rings (SSSR count). The fourth-order valence-electron chi connectivity index (χ4n) is 2.85. The van der Waals surface area contributed by atoms with Crippen LogP contribution in [-0.4, -0.2) is 20.3 Å². The standard InChI is InChI=1S/C20H16N4O2S/c1-13-9-18(25)24-7-2-3-16(19(24)23-13)20(26)22-11-14-4-6-21-17(10-14)15-5-8-27-12-15/h2-10,12H,11H2,1H3,(H,22,26). The van der Waals surface area contributed by atoms with Crippen LogP contribution in [0, 0.1) is 6.92 Å². The second-order valence-electron chi connectivity index (χ2n) is 6.10. The fraction of sp³-hybridized carbons (Fsp3) is 0.100. The Hall–Kier alpha value is -3.32. The maximum atomic E-state index is 12.7. The third-order valence-corrected chi connectivity index (χ3v) is 4.84. The Morgan fingerprint density at radius 2 is 2.15 bits per heavy atom. The molecule has 0 aliphatic carbocycles. The van der Waals surface area contributed by atoms with Crippen LogP contribution in [0.4, 0.5) is 0 Å². The van der Waals surface area contributed by atoms with Crippen LogP contribution in [0.1, 0.15) is 21.6 Å². The van der Waals surface area contributed by atoms with Crippen molar-refractivity contribution in [3.05, 3.63) is 86.7 Å².